The summed E-state index contributed by atoms with van der Waals surface area (Å²) >= 11 is 0. The molecule has 0 aliphatic rings. The third-order valence-electron chi connectivity index (χ3n) is 2.72. The van der Waals surface area contributed by atoms with Gasteiger partial charge in [0.25, 0.3) is 5.91 Å². The molecule has 0 heterocycles. The average Bonchev–Trinajstić information content (AvgIpc) is 2.42. The molecule has 22 heavy (non-hydrogen) atoms. The van der Waals surface area contributed by atoms with Crippen molar-refractivity contribution < 1.29 is 9.59 Å². The predicted molar refractivity (Wildman–Crippen MR) is 91.6 cm³/mol. The summed E-state index contributed by atoms with van der Waals surface area (Å²) in [5, 5.41) is 8.25. The topological polar surface area (TPSA) is 96.2 Å². The predicted octanol–water partition coefficient (Wildman–Crippen LogP) is 2.11. The molecule has 0 saturated carbocycles. The Bertz CT molecular complexity index is 480. The van der Waals surface area contributed by atoms with Gasteiger partial charge >= 0.3 is 6.03 Å². The second kappa shape index (κ2) is 10.9. The van der Waals surface area contributed by atoms with Crippen LogP contribution in [0.25, 0.3) is 0 Å². The summed E-state index contributed by atoms with van der Waals surface area (Å²) in [5.74, 6) is -0.153. The van der Waals surface area contributed by atoms with Gasteiger partial charge in [-0.2, -0.15) is 0 Å². The van der Waals surface area contributed by atoms with Gasteiger partial charge in [0.1, 0.15) is 0 Å². The molecule has 1 aromatic rings. The molecule has 0 radical (unpaired) electrons. The molecule has 0 aliphatic heterocycles. The molecule has 1 rings (SSSR count). The number of hydrogen-bond donors (Lipinski definition) is 4. The van der Waals surface area contributed by atoms with Crippen molar-refractivity contribution in [2.24, 2.45) is 5.73 Å². The quantitative estimate of drug-likeness (QED) is 0.577. The first kappa shape index (κ1) is 20.2. The van der Waals surface area contributed by atoms with E-state index >= 15 is 0 Å². The SMILES string of the molecule is CC(C)NC(=O)Nc1cccc(C(=O)NCCCCN)c1.Cl. The highest BCUT2D eigenvalue weighted by Gasteiger charge is 2.07. The molecular weight excluding hydrogens is 304 g/mol. The van der Waals surface area contributed by atoms with Crippen LogP contribution in [0, 0.1) is 0 Å². The number of carbonyl (C=O) groups is 2. The van der Waals surface area contributed by atoms with Crippen LogP contribution in [0.2, 0.25) is 0 Å². The maximum absolute atomic E-state index is 12.0. The van der Waals surface area contributed by atoms with Gasteiger partial charge < -0.3 is 21.7 Å². The first-order valence-corrected chi connectivity index (χ1v) is 7.18. The van der Waals surface area contributed by atoms with Gasteiger partial charge in [-0.1, -0.05) is 6.07 Å². The minimum Gasteiger partial charge on any atom is -0.352 e. The van der Waals surface area contributed by atoms with Crippen LogP contribution < -0.4 is 21.7 Å². The molecule has 0 bridgehead atoms. The lowest BCUT2D eigenvalue weighted by Gasteiger charge is -2.11. The van der Waals surface area contributed by atoms with Crippen LogP contribution in [0.1, 0.15) is 37.0 Å². The zero-order valence-corrected chi connectivity index (χ0v) is 13.8. The molecule has 5 N–H and O–H groups in total. The smallest absolute Gasteiger partial charge is 0.319 e. The minimum absolute atomic E-state index is 0. The highest BCUT2D eigenvalue weighted by Crippen LogP contribution is 2.10. The van der Waals surface area contributed by atoms with Crippen LogP contribution in [-0.2, 0) is 0 Å². The van der Waals surface area contributed by atoms with E-state index in [2.05, 4.69) is 16.0 Å². The molecule has 0 spiro atoms. The van der Waals surface area contributed by atoms with E-state index in [1.54, 1.807) is 24.3 Å². The minimum atomic E-state index is -0.287. The van der Waals surface area contributed by atoms with Gasteiger partial charge in [0.05, 0.1) is 0 Å². The lowest BCUT2D eigenvalue weighted by molar-refractivity contribution is 0.0953. The van der Waals surface area contributed by atoms with Crippen molar-refractivity contribution in [3.05, 3.63) is 29.8 Å². The number of halogens is 1. The van der Waals surface area contributed by atoms with Gasteiger partial charge in [0, 0.05) is 23.8 Å². The van der Waals surface area contributed by atoms with Crippen molar-refractivity contribution in [2.75, 3.05) is 18.4 Å². The zero-order chi connectivity index (χ0) is 15.7. The number of nitrogens with one attached hydrogen (secondary N) is 3. The maximum Gasteiger partial charge on any atom is 0.319 e. The van der Waals surface area contributed by atoms with Crippen molar-refractivity contribution in [3.63, 3.8) is 0 Å². The second-order valence-electron chi connectivity index (χ2n) is 5.09. The van der Waals surface area contributed by atoms with E-state index in [9.17, 15) is 9.59 Å². The fourth-order valence-corrected chi connectivity index (χ4v) is 1.74. The molecule has 6 nitrogen and oxygen atoms in total. The fraction of sp³-hybridized carbons (Fsp3) is 0.467. The molecule has 1 aromatic carbocycles. The number of benzene rings is 1. The number of anilines is 1. The van der Waals surface area contributed by atoms with E-state index in [1.807, 2.05) is 13.8 Å². The molecule has 0 aromatic heterocycles. The zero-order valence-electron chi connectivity index (χ0n) is 13.0. The summed E-state index contributed by atoms with van der Waals surface area (Å²) in [6.45, 7) is 4.98. The molecule has 0 unspecified atom stereocenters. The Morgan fingerprint density at radius 1 is 1.23 bits per heavy atom. The first-order valence-electron chi connectivity index (χ1n) is 7.18. The van der Waals surface area contributed by atoms with Crippen molar-refractivity contribution in [3.8, 4) is 0 Å². The molecule has 7 heteroatoms. The molecule has 124 valence electrons. The van der Waals surface area contributed by atoms with Gasteiger partial charge in [-0.25, -0.2) is 4.79 Å². The largest absolute Gasteiger partial charge is 0.352 e. The van der Waals surface area contributed by atoms with Crippen molar-refractivity contribution >= 4 is 30.0 Å². The number of urea groups is 1. The summed E-state index contributed by atoms with van der Waals surface area (Å²) in [6, 6.07) is 6.61. The van der Waals surface area contributed by atoms with Gasteiger partial charge in [-0.3, -0.25) is 4.79 Å². The van der Waals surface area contributed by atoms with Crippen LogP contribution in [0.5, 0.6) is 0 Å². The lowest BCUT2D eigenvalue weighted by Crippen LogP contribution is -2.34. The van der Waals surface area contributed by atoms with Crippen molar-refractivity contribution in [1.29, 1.82) is 0 Å². The molecule has 3 amide bonds. The average molecular weight is 329 g/mol. The summed E-state index contributed by atoms with van der Waals surface area (Å²) in [7, 11) is 0. The third kappa shape index (κ3) is 7.85. The first-order chi connectivity index (χ1) is 10.0. The fourth-order valence-electron chi connectivity index (χ4n) is 1.74. The normalized spacial score (nSPS) is 9.82. The van der Waals surface area contributed by atoms with E-state index < -0.39 is 0 Å². The number of carbonyl (C=O) groups excluding carboxylic acids is 2. The lowest BCUT2D eigenvalue weighted by atomic mass is 10.2. The van der Waals surface area contributed by atoms with E-state index in [0.717, 1.165) is 12.8 Å². The monoisotopic (exact) mass is 328 g/mol. The molecule has 0 saturated heterocycles. The van der Waals surface area contributed by atoms with Gasteiger partial charge in [0.2, 0.25) is 0 Å². The highest BCUT2D eigenvalue weighted by molar-refractivity contribution is 5.96. The summed E-state index contributed by atoms with van der Waals surface area (Å²) in [6.07, 6.45) is 1.74. The summed E-state index contributed by atoms with van der Waals surface area (Å²) in [4.78, 5) is 23.6. The Morgan fingerprint density at radius 3 is 2.59 bits per heavy atom. The van der Waals surface area contributed by atoms with Crippen LogP contribution in [0.15, 0.2) is 24.3 Å². The van der Waals surface area contributed by atoms with E-state index in [-0.39, 0.29) is 30.4 Å². The van der Waals surface area contributed by atoms with Crippen molar-refractivity contribution in [1.82, 2.24) is 10.6 Å². The summed E-state index contributed by atoms with van der Waals surface area (Å²) in [5.41, 5.74) is 6.50. The van der Waals surface area contributed by atoms with Gasteiger partial charge in [-0.05, 0) is 51.4 Å². The van der Waals surface area contributed by atoms with E-state index in [4.69, 9.17) is 5.73 Å². The number of rotatable bonds is 7. The molecular formula is C15H25ClN4O2. The molecule has 0 atom stereocenters. The number of nitrogens with two attached hydrogens (primary N) is 1. The highest BCUT2D eigenvalue weighted by atomic mass is 35.5. The Hall–Kier alpha value is -1.79. The van der Waals surface area contributed by atoms with Gasteiger partial charge in [0.15, 0.2) is 0 Å². The third-order valence-corrected chi connectivity index (χ3v) is 2.72. The maximum atomic E-state index is 12.0. The van der Waals surface area contributed by atoms with E-state index in [1.165, 1.54) is 0 Å². The Balaban J connectivity index is 0.00000441. The van der Waals surface area contributed by atoms with Crippen LogP contribution >= 0.6 is 12.4 Å². The standard InChI is InChI=1S/C15H24N4O2.ClH/c1-11(2)18-15(21)19-13-7-5-6-12(10-13)14(20)17-9-4-3-8-16;/h5-7,10-11H,3-4,8-9,16H2,1-2H3,(H,17,20)(H2,18,19,21);1H. The van der Waals surface area contributed by atoms with Crippen molar-refractivity contribution in [2.45, 2.75) is 32.7 Å². The molecule has 0 aliphatic carbocycles. The molecule has 0 fully saturated rings. The Kier molecular flexibility index (Phi) is 9.98. The van der Waals surface area contributed by atoms with Crippen LogP contribution in [0.3, 0.4) is 0 Å². The van der Waals surface area contributed by atoms with Gasteiger partial charge in [-0.15, -0.1) is 12.4 Å². The van der Waals surface area contributed by atoms with E-state index in [0.29, 0.717) is 24.3 Å². The second-order valence-corrected chi connectivity index (χ2v) is 5.09. The Morgan fingerprint density at radius 2 is 1.95 bits per heavy atom. The number of unbranched alkanes of at least 4 members (excludes halogenated alkanes) is 1. The number of amides is 3. The number of hydrogen-bond acceptors (Lipinski definition) is 3. The van der Waals surface area contributed by atoms with Crippen LogP contribution in [0.4, 0.5) is 10.5 Å². The summed E-state index contributed by atoms with van der Waals surface area (Å²) < 4.78 is 0. The Labute approximate surface area is 137 Å². The van der Waals surface area contributed by atoms with Crippen LogP contribution in [-0.4, -0.2) is 31.1 Å².